The molecule has 0 aliphatic rings. The minimum absolute atomic E-state index is 0.178. The van der Waals surface area contributed by atoms with Gasteiger partial charge in [-0.3, -0.25) is 0 Å². The molecule has 0 unspecified atom stereocenters. The van der Waals surface area contributed by atoms with Crippen molar-refractivity contribution in [2.24, 2.45) is 10.9 Å². The molecule has 0 bridgehead atoms. The first-order valence-corrected chi connectivity index (χ1v) is 6.62. The molecule has 21 heavy (non-hydrogen) atoms. The van der Waals surface area contributed by atoms with Crippen LogP contribution in [0.25, 0.3) is 0 Å². The second kappa shape index (κ2) is 7.50. The number of amidine groups is 1. The van der Waals surface area contributed by atoms with Crippen LogP contribution in [0.2, 0.25) is 5.02 Å². The van der Waals surface area contributed by atoms with E-state index in [0.29, 0.717) is 22.9 Å². The molecule has 0 aliphatic carbocycles. The van der Waals surface area contributed by atoms with E-state index in [1.54, 1.807) is 24.3 Å². The molecule has 2 N–H and O–H groups in total. The monoisotopic (exact) mass is 308 g/mol. The van der Waals surface area contributed by atoms with E-state index in [0.717, 1.165) is 0 Å². The van der Waals surface area contributed by atoms with Gasteiger partial charge in [-0.1, -0.05) is 22.8 Å². The standard InChI is InChI=1S/C15H14ClFN2O2/c16-12-2-1-3-14(10-12)20-8-9-21-19-15(18)11-4-6-13(17)7-5-11/h1-7,10H,8-9H2,(H2,18,19). The quantitative estimate of drug-likeness (QED) is 0.386. The first-order valence-electron chi connectivity index (χ1n) is 6.25. The maximum absolute atomic E-state index is 12.8. The van der Waals surface area contributed by atoms with E-state index in [2.05, 4.69) is 5.16 Å². The summed E-state index contributed by atoms with van der Waals surface area (Å²) in [7, 11) is 0. The Morgan fingerprint density at radius 3 is 2.62 bits per heavy atom. The van der Waals surface area contributed by atoms with Gasteiger partial charge in [0.1, 0.15) is 18.2 Å². The lowest BCUT2D eigenvalue weighted by atomic mass is 10.2. The minimum Gasteiger partial charge on any atom is -0.490 e. The van der Waals surface area contributed by atoms with E-state index in [1.165, 1.54) is 24.3 Å². The van der Waals surface area contributed by atoms with Crippen molar-refractivity contribution >= 4 is 17.4 Å². The number of oxime groups is 1. The van der Waals surface area contributed by atoms with E-state index in [-0.39, 0.29) is 18.3 Å². The predicted octanol–water partition coefficient (Wildman–Crippen LogP) is 3.20. The van der Waals surface area contributed by atoms with Crippen molar-refractivity contribution in [3.8, 4) is 5.75 Å². The Hall–Kier alpha value is -2.27. The molecule has 0 fully saturated rings. The molecule has 0 radical (unpaired) electrons. The molecule has 0 spiro atoms. The average Bonchev–Trinajstić information content (AvgIpc) is 2.47. The number of ether oxygens (including phenoxy) is 1. The van der Waals surface area contributed by atoms with Gasteiger partial charge < -0.3 is 15.3 Å². The Morgan fingerprint density at radius 1 is 1.14 bits per heavy atom. The zero-order valence-electron chi connectivity index (χ0n) is 11.1. The maximum Gasteiger partial charge on any atom is 0.170 e. The number of hydrogen-bond donors (Lipinski definition) is 1. The maximum atomic E-state index is 12.8. The summed E-state index contributed by atoms with van der Waals surface area (Å²) in [5.74, 6) is 0.502. The number of hydrogen-bond acceptors (Lipinski definition) is 3. The highest BCUT2D eigenvalue weighted by Crippen LogP contribution is 2.16. The molecule has 0 atom stereocenters. The summed E-state index contributed by atoms with van der Waals surface area (Å²) in [5.41, 5.74) is 6.29. The first-order chi connectivity index (χ1) is 10.1. The molecule has 110 valence electrons. The van der Waals surface area contributed by atoms with Crippen LogP contribution in [-0.4, -0.2) is 19.0 Å². The normalized spacial score (nSPS) is 11.2. The Balaban J connectivity index is 1.76. The van der Waals surface area contributed by atoms with Crippen LogP contribution in [0.15, 0.2) is 53.7 Å². The Morgan fingerprint density at radius 2 is 1.90 bits per heavy atom. The smallest absolute Gasteiger partial charge is 0.170 e. The molecule has 0 saturated heterocycles. The van der Waals surface area contributed by atoms with Crippen LogP contribution in [0.5, 0.6) is 5.75 Å². The van der Waals surface area contributed by atoms with Crippen molar-refractivity contribution in [3.63, 3.8) is 0 Å². The summed E-state index contributed by atoms with van der Waals surface area (Å²) < 4.78 is 18.2. The largest absolute Gasteiger partial charge is 0.490 e. The summed E-state index contributed by atoms with van der Waals surface area (Å²) in [6.07, 6.45) is 0. The van der Waals surface area contributed by atoms with Gasteiger partial charge >= 0.3 is 0 Å². The fourth-order valence-electron chi connectivity index (χ4n) is 1.54. The van der Waals surface area contributed by atoms with Gasteiger partial charge in [-0.2, -0.15) is 0 Å². The summed E-state index contributed by atoms with van der Waals surface area (Å²) in [4.78, 5) is 5.04. The van der Waals surface area contributed by atoms with E-state index < -0.39 is 0 Å². The van der Waals surface area contributed by atoms with Crippen LogP contribution in [0.1, 0.15) is 5.56 Å². The highest BCUT2D eigenvalue weighted by atomic mass is 35.5. The van der Waals surface area contributed by atoms with E-state index >= 15 is 0 Å². The Bertz CT molecular complexity index is 617. The highest BCUT2D eigenvalue weighted by molar-refractivity contribution is 6.30. The van der Waals surface area contributed by atoms with Gasteiger partial charge in [-0.15, -0.1) is 0 Å². The molecule has 0 heterocycles. The van der Waals surface area contributed by atoms with E-state index in [1.807, 2.05) is 0 Å². The lowest BCUT2D eigenvalue weighted by Gasteiger charge is -2.06. The van der Waals surface area contributed by atoms with E-state index in [4.69, 9.17) is 26.9 Å². The lowest BCUT2D eigenvalue weighted by molar-refractivity contribution is 0.107. The zero-order chi connectivity index (χ0) is 15.1. The molecule has 4 nitrogen and oxygen atoms in total. The number of halogens is 2. The van der Waals surface area contributed by atoms with Crippen LogP contribution < -0.4 is 10.5 Å². The molecule has 2 aromatic carbocycles. The molecule has 0 aromatic heterocycles. The van der Waals surface area contributed by atoms with Crippen LogP contribution in [0.4, 0.5) is 4.39 Å². The van der Waals surface area contributed by atoms with Crippen molar-refractivity contribution in [3.05, 3.63) is 64.9 Å². The fourth-order valence-corrected chi connectivity index (χ4v) is 1.72. The van der Waals surface area contributed by atoms with Crippen LogP contribution >= 0.6 is 11.6 Å². The third-order valence-electron chi connectivity index (χ3n) is 2.54. The highest BCUT2D eigenvalue weighted by Gasteiger charge is 1.99. The molecule has 0 aliphatic heterocycles. The number of nitrogens with two attached hydrogens (primary N) is 1. The Labute approximate surface area is 126 Å². The zero-order valence-corrected chi connectivity index (χ0v) is 11.9. The van der Waals surface area contributed by atoms with Crippen LogP contribution in [0.3, 0.4) is 0 Å². The number of rotatable bonds is 6. The topological polar surface area (TPSA) is 56.8 Å². The van der Waals surface area contributed by atoms with Gasteiger partial charge in [0.2, 0.25) is 0 Å². The van der Waals surface area contributed by atoms with Crippen molar-refractivity contribution < 1.29 is 14.0 Å². The van der Waals surface area contributed by atoms with Crippen molar-refractivity contribution in [1.82, 2.24) is 0 Å². The molecule has 0 saturated carbocycles. The fraction of sp³-hybridized carbons (Fsp3) is 0.133. The summed E-state index contributed by atoms with van der Waals surface area (Å²) >= 11 is 5.83. The second-order valence-electron chi connectivity index (χ2n) is 4.12. The molecular formula is C15H14ClFN2O2. The van der Waals surface area contributed by atoms with E-state index in [9.17, 15) is 4.39 Å². The molecule has 2 aromatic rings. The molecule has 2 rings (SSSR count). The molecule has 0 amide bonds. The van der Waals surface area contributed by atoms with Crippen molar-refractivity contribution in [2.75, 3.05) is 13.2 Å². The molecule has 6 heteroatoms. The van der Waals surface area contributed by atoms with Gasteiger partial charge in [0, 0.05) is 10.6 Å². The van der Waals surface area contributed by atoms with Gasteiger partial charge in [0.15, 0.2) is 12.4 Å². The SMILES string of the molecule is N/C(=N/OCCOc1cccc(Cl)c1)c1ccc(F)cc1. The second-order valence-corrected chi connectivity index (χ2v) is 4.56. The summed E-state index contributed by atoms with van der Waals surface area (Å²) in [6.45, 7) is 0.537. The number of benzene rings is 2. The van der Waals surface area contributed by atoms with Crippen LogP contribution in [0, 0.1) is 5.82 Å². The van der Waals surface area contributed by atoms with Gasteiger partial charge in [0.25, 0.3) is 0 Å². The Kier molecular flexibility index (Phi) is 5.40. The van der Waals surface area contributed by atoms with Gasteiger partial charge in [0.05, 0.1) is 0 Å². The number of nitrogens with zero attached hydrogens (tertiary/aromatic N) is 1. The summed E-state index contributed by atoms with van der Waals surface area (Å²) in [6, 6.07) is 12.7. The van der Waals surface area contributed by atoms with Gasteiger partial charge in [-0.25, -0.2) is 4.39 Å². The lowest BCUT2D eigenvalue weighted by Crippen LogP contribution is -2.15. The third kappa shape index (κ3) is 4.96. The van der Waals surface area contributed by atoms with Crippen molar-refractivity contribution in [1.29, 1.82) is 0 Å². The molecular weight excluding hydrogens is 295 g/mol. The van der Waals surface area contributed by atoms with Gasteiger partial charge in [-0.05, 0) is 42.5 Å². The predicted molar refractivity (Wildman–Crippen MR) is 80.0 cm³/mol. The minimum atomic E-state index is -0.331. The van der Waals surface area contributed by atoms with Crippen molar-refractivity contribution in [2.45, 2.75) is 0 Å². The first kappa shape index (κ1) is 15.1. The third-order valence-corrected chi connectivity index (χ3v) is 2.78. The average molecular weight is 309 g/mol. The van der Waals surface area contributed by atoms with Crippen LogP contribution in [-0.2, 0) is 4.84 Å². The summed E-state index contributed by atoms with van der Waals surface area (Å²) in [5, 5.41) is 4.34.